The normalized spacial score (nSPS) is 18.6. The molecule has 118 valence electrons. The van der Waals surface area contributed by atoms with Gasteiger partial charge in [0.25, 0.3) is 0 Å². The second-order valence-electron chi connectivity index (χ2n) is 6.87. The molecule has 3 heteroatoms. The Morgan fingerprint density at radius 1 is 1.15 bits per heavy atom. The van der Waals surface area contributed by atoms with Gasteiger partial charge in [-0.3, -0.25) is 4.79 Å². The van der Waals surface area contributed by atoms with E-state index in [0.29, 0.717) is 24.4 Å². The summed E-state index contributed by atoms with van der Waals surface area (Å²) >= 11 is 0. The highest BCUT2D eigenvalue weighted by atomic mass is 16.2. The molecule has 0 atom stereocenters. The molecule has 2 N–H and O–H groups in total. The van der Waals surface area contributed by atoms with Crippen LogP contribution in [0.5, 0.6) is 0 Å². The van der Waals surface area contributed by atoms with E-state index in [-0.39, 0.29) is 5.41 Å². The molecule has 1 amide bonds. The summed E-state index contributed by atoms with van der Waals surface area (Å²) in [6.07, 6.45) is 7.60. The minimum absolute atomic E-state index is 0.268. The van der Waals surface area contributed by atoms with Gasteiger partial charge < -0.3 is 10.6 Å². The Morgan fingerprint density at radius 2 is 1.70 bits per heavy atom. The SMILES string of the molecule is CCC(CC)N(CC(C)C)C(=O)C1(CN)CCCCC1. The van der Waals surface area contributed by atoms with Gasteiger partial charge in [0.05, 0.1) is 5.41 Å². The summed E-state index contributed by atoms with van der Waals surface area (Å²) in [5, 5.41) is 0. The van der Waals surface area contributed by atoms with Crippen molar-refractivity contribution in [2.75, 3.05) is 13.1 Å². The van der Waals surface area contributed by atoms with Gasteiger partial charge in [-0.25, -0.2) is 0 Å². The number of nitrogens with two attached hydrogens (primary N) is 1. The number of nitrogens with zero attached hydrogens (tertiary/aromatic N) is 1. The van der Waals surface area contributed by atoms with Gasteiger partial charge in [0, 0.05) is 19.1 Å². The molecular formula is C17H34N2O. The predicted octanol–water partition coefficient (Wildman–Crippen LogP) is 3.57. The zero-order valence-electron chi connectivity index (χ0n) is 14.0. The molecule has 0 aliphatic heterocycles. The van der Waals surface area contributed by atoms with Gasteiger partial charge in [0.1, 0.15) is 0 Å². The van der Waals surface area contributed by atoms with Crippen molar-refractivity contribution in [2.45, 2.75) is 78.7 Å². The molecule has 0 heterocycles. The van der Waals surface area contributed by atoms with Gasteiger partial charge in [-0.15, -0.1) is 0 Å². The average Bonchev–Trinajstić information content (AvgIpc) is 2.47. The van der Waals surface area contributed by atoms with E-state index in [0.717, 1.165) is 45.1 Å². The Labute approximate surface area is 125 Å². The molecule has 0 unspecified atom stereocenters. The molecule has 0 spiro atoms. The minimum atomic E-state index is -0.268. The fraction of sp³-hybridized carbons (Fsp3) is 0.941. The number of carbonyl (C=O) groups is 1. The van der Waals surface area contributed by atoms with Gasteiger partial charge in [0.2, 0.25) is 5.91 Å². The summed E-state index contributed by atoms with van der Waals surface area (Å²) in [6, 6.07) is 0.371. The summed E-state index contributed by atoms with van der Waals surface area (Å²) in [6.45, 7) is 10.1. The van der Waals surface area contributed by atoms with E-state index in [2.05, 4.69) is 32.6 Å². The third-order valence-corrected chi connectivity index (χ3v) is 4.86. The van der Waals surface area contributed by atoms with Crippen molar-refractivity contribution in [3.63, 3.8) is 0 Å². The standard InChI is InChI=1S/C17H34N2O/c1-5-15(6-2)19(12-14(3)4)16(20)17(13-18)10-8-7-9-11-17/h14-15H,5-13,18H2,1-4H3. The molecular weight excluding hydrogens is 248 g/mol. The van der Waals surface area contributed by atoms with Crippen LogP contribution in [0.25, 0.3) is 0 Å². The lowest BCUT2D eigenvalue weighted by Crippen LogP contribution is -2.53. The van der Waals surface area contributed by atoms with E-state index in [1.54, 1.807) is 0 Å². The largest absolute Gasteiger partial charge is 0.339 e. The maximum Gasteiger partial charge on any atom is 0.230 e. The molecule has 1 aliphatic carbocycles. The summed E-state index contributed by atoms with van der Waals surface area (Å²) in [4.78, 5) is 15.3. The van der Waals surface area contributed by atoms with Gasteiger partial charge in [0.15, 0.2) is 0 Å². The van der Waals surface area contributed by atoms with E-state index < -0.39 is 0 Å². The number of hydrogen-bond acceptors (Lipinski definition) is 2. The molecule has 0 bridgehead atoms. The van der Waals surface area contributed by atoms with Crippen molar-refractivity contribution in [3.05, 3.63) is 0 Å². The summed E-state index contributed by atoms with van der Waals surface area (Å²) in [7, 11) is 0. The number of rotatable bonds is 7. The summed E-state index contributed by atoms with van der Waals surface area (Å²) in [5.41, 5.74) is 5.78. The Bertz CT molecular complexity index is 291. The molecule has 0 saturated heterocycles. The highest BCUT2D eigenvalue weighted by molar-refractivity contribution is 5.83. The Morgan fingerprint density at radius 3 is 2.10 bits per heavy atom. The van der Waals surface area contributed by atoms with Crippen LogP contribution in [0, 0.1) is 11.3 Å². The molecule has 1 fully saturated rings. The van der Waals surface area contributed by atoms with E-state index in [1.165, 1.54) is 6.42 Å². The predicted molar refractivity (Wildman–Crippen MR) is 85.5 cm³/mol. The van der Waals surface area contributed by atoms with Crippen molar-refractivity contribution >= 4 is 5.91 Å². The molecule has 1 saturated carbocycles. The maximum absolute atomic E-state index is 13.2. The van der Waals surface area contributed by atoms with Gasteiger partial charge >= 0.3 is 0 Å². The zero-order chi connectivity index (χ0) is 15.2. The van der Waals surface area contributed by atoms with Crippen LogP contribution in [0.15, 0.2) is 0 Å². The van der Waals surface area contributed by atoms with E-state index >= 15 is 0 Å². The minimum Gasteiger partial charge on any atom is -0.339 e. The fourth-order valence-corrected chi connectivity index (χ4v) is 3.56. The van der Waals surface area contributed by atoms with E-state index in [4.69, 9.17) is 5.73 Å². The van der Waals surface area contributed by atoms with Crippen molar-refractivity contribution in [2.24, 2.45) is 17.1 Å². The van der Waals surface area contributed by atoms with Crippen molar-refractivity contribution < 1.29 is 4.79 Å². The Hall–Kier alpha value is -0.570. The van der Waals surface area contributed by atoms with Gasteiger partial charge in [-0.2, -0.15) is 0 Å². The van der Waals surface area contributed by atoms with E-state index in [9.17, 15) is 4.79 Å². The van der Waals surface area contributed by atoms with Crippen LogP contribution < -0.4 is 5.73 Å². The van der Waals surface area contributed by atoms with Crippen LogP contribution in [0.2, 0.25) is 0 Å². The second kappa shape index (κ2) is 8.02. The number of hydrogen-bond donors (Lipinski definition) is 1. The monoisotopic (exact) mass is 282 g/mol. The fourth-order valence-electron chi connectivity index (χ4n) is 3.56. The van der Waals surface area contributed by atoms with Crippen molar-refractivity contribution in [3.8, 4) is 0 Å². The van der Waals surface area contributed by atoms with Gasteiger partial charge in [-0.05, 0) is 31.6 Å². The number of carbonyl (C=O) groups excluding carboxylic acids is 1. The molecule has 0 aromatic carbocycles. The lowest BCUT2D eigenvalue weighted by molar-refractivity contribution is -0.147. The van der Waals surface area contributed by atoms with Crippen LogP contribution in [0.3, 0.4) is 0 Å². The zero-order valence-corrected chi connectivity index (χ0v) is 14.0. The maximum atomic E-state index is 13.2. The first-order valence-electron chi connectivity index (χ1n) is 8.51. The van der Waals surface area contributed by atoms with Crippen molar-refractivity contribution in [1.29, 1.82) is 0 Å². The Kier molecular flexibility index (Phi) is 7.01. The lowest BCUT2D eigenvalue weighted by atomic mass is 9.72. The molecule has 3 nitrogen and oxygen atoms in total. The second-order valence-corrected chi connectivity index (χ2v) is 6.87. The summed E-state index contributed by atoms with van der Waals surface area (Å²) in [5.74, 6) is 0.847. The molecule has 0 aromatic rings. The average molecular weight is 282 g/mol. The topological polar surface area (TPSA) is 46.3 Å². The summed E-state index contributed by atoms with van der Waals surface area (Å²) < 4.78 is 0. The molecule has 20 heavy (non-hydrogen) atoms. The van der Waals surface area contributed by atoms with Crippen LogP contribution in [0.1, 0.15) is 72.6 Å². The highest BCUT2D eigenvalue weighted by Gasteiger charge is 2.42. The molecule has 1 aliphatic rings. The number of amides is 1. The van der Waals surface area contributed by atoms with Crippen molar-refractivity contribution in [1.82, 2.24) is 4.90 Å². The van der Waals surface area contributed by atoms with Crippen LogP contribution in [0.4, 0.5) is 0 Å². The Balaban J connectivity index is 2.94. The van der Waals surface area contributed by atoms with Gasteiger partial charge in [-0.1, -0.05) is 47.0 Å². The lowest BCUT2D eigenvalue weighted by Gasteiger charge is -2.42. The smallest absolute Gasteiger partial charge is 0.230 e. The quantitative estimate of drug-likeness (QED) is 0.776. The first kappa shape index (κ1) is 17.5. The van der Waals surface area contributed by atoms with Crippen LogP contribution >= 0.6 is 0 Å². The third-order valence-electron chi connectivity index (χ3n) is 4.86. The first-order valence-corrected chi connectivity index (χ1v) is 8.51. The molecule has 1 rings (SSSR count). The molecule has 0 aromatic heterocycles. The van der Waals surface area contributed by atoms with E-state index in [1.807, 2.05) is 0 Å². The first-order chi connectivity index (χ1) is 9.50. The van der Waals surface area contributed by atoms with Crippen LogP contribution in [-0.4, -0.2) is 29.9 Å². The highest BCUT2D eigenvalue weighted by Crippen LogP contribution is 2.38. The van der Waals surface area contributed by atoms with Crippen LogP contribution in [-0.2, 0) is 4.79 Å². The molecule has 0 radical (unpaired) electrons. The third kappa shape index (κ3) is 3.97.